The molecule has 1 heteroatoms. The Kier molecular flexibility index (Phi) is 2.83. The van der Waals surface area contributed by atoms with Gasteiger partial charge >= 0.3 is 0 Å². The van der Waals surface area contributed by atoms with Crippen molar-refractivity contribution in [3.05, 3.63) is 34.4 Å². The lowest BCUT2D eigenvalue weighted by atomic mass is 9.92. The van der Waals surface area contributed by atoms with E-state index < -0.39 is 0 Å². The van der Waals surface area contributed by atoms with Crippen LogP contribution in [0.5, 0.6) is 0 Å². The summed E-state index contributed by atoms with van der Waals surface area (Å²) in [5.41, 5.74) is 11.7. The van der Waals surface area contributed by atoms with Crippen molar-refractivity contribution in [3.63, 3.8) is 0 Å². The van der Waals surface area contributed by atoms with Gasteiger partial charge in [-0.3, -0.25) is 0 Å². The van der Waals surface area contributed by atoms with Crippen LogP contribution in [0.4, 0.5) is 0 Å². The van der Waals surface area contributed by atoms with Gasteiger partial charge in [-0.25, -0.2) is 0 Å². The van der Waals surface area contributed by atoms with Gasteiger partial charge in [0.15, 0.2) is 0 Å². The Morgan fingerprint density at radius 2 is 1.73 bits per heavy atom. The first-order chi connectivity index (χ1) is 7.08. The van der Waals surface area contributed by atoms with Crippen molar-refractivity contribution in [2.45, 2.75) is 46.1 Å². The van der Waals surface area contributed by atoms with Gasteiger partial charge in [0.05, 0.1) is 0 Å². The highest BCUT2D eigenvalue weighted by Crippen LogP contribution is 2.38. The second kappa shape index (κ2) is 3.97. The smallest absolute Gasteiger partial charge is 0.0302 e. The number of aryl methyl sites for hydroxylation is 3. The molecule has 0 aliphatic heterocycles. The van der Waals surface area contributed by atoms with Gasteiger partial charge in [-0.05, 0) is 49.8 Å². The Hall–Kier alpha value is -0.820. The first-order valence-electron chi connectivity index (χ1n) is 5.91. The van der Waals surface area contributed by atoms with Crippen LogP contribution < -0.4 is 5.73 Å². The van der Waals surface area contributed by atoms with Gasteiger partial charge < -0.3 is 5.73 Å². The maximum Gasteiger partial charge on any atom is 0.0302 e. The van der Waals surface area contributed by atoms with E-state index in [1.54, 1.807) is 0 Å². The van der Waals surface area contributed by atoms with Crippen LogP contribution in [0.15, 0.2) is 12.1 Å². The monoisotopic (exact) mass is 203 g/mol. The Balaban J connectivity index is 2.24. The lowest BCUT2D eigenvalue weighted by Crippen LogP contribution is -2.14. The Morgan fingerprint density at radius 3 is 2.20 bits per heavy atom. The van der Waals surface area contributed by atoms with E-state index in [9.17, 15) is 0 Å². The van der Waals surface area contributed by atoms with E-state index in [-0.39, 0.29) is 6.04 Å². The average molecular weight is 203 g/mol. The quantitative estimate of drug-likeness (QED) is 0.800. The number of rotatable bonds is 3. The van der Waals surface area contributed by atoms with Crippen LogP contribution in [0.1, 0.15) is 47.6 Å². The molecule has 1 saturated carbocycles. The molecule has 0 unspecified atom stereocenters. The molecule has 82 valence electrons. The van der Waals surface area contributed by atoms with Gasteiger partial charge in [-0.2, -0.15) is 0 Å². The summed E-state index contributed by atoms with van der Waals surface area (Å²) in [6, 6.07) is 4.74. The molecule has 15 heavy (non-hydrogen) atoms. The summed E-state index contributed by atoms with van der Waals surface area (Å²) >= 11 is 0. The van der Waals surface area contributed by atoms with Gasteiger partial charge in [0, 0.05) is 6.04 Å². The van der Waals surface area contributed by atoms with E-state index in [1.807, 2.05) is 0 Å². The minimum atomic E-state index is 0.248. The average Bonchev–Trinajstić information content (AvgIpc) is 2.85. The van der Waals surface area contributed by atoms with Crippen LogP contribution >= 0.6 is 0 Å². The summed E-state index contributed by atoms with van der Waals surface area (Å²) < 4.78 is 0. The SMILES string of the molecule is Cc1cc(C)c([C@H](N)CC2CC2)c(C)c1. The highest BCUT2D eigenvalue weighted by atomic mass is 14.6. The first-order valence-corrected chi connectivity index (χ1v) is 5.91. The third kappa shape index (κ3) is 2.40. The van der Waals surface area contributed by atoms with Crippen LogP contribution in [-0.4, -0.2) is 0 Å². The van der Waals surface area contributed by atoms with E-state index in [4.69, 9.17) is 5.73 Å². The molecule has 1 aliphatic carbocycles. The molecule has 0 amide bonds. The Bertz CT molecular complexity index is 341. The van der Waals surface area contributed by atoms with Crippen molar-refractivity contribution in [1.29, 1.82) is 0 Å². The summed E-state index contributed by atoms with van der Waals surface area (Å²) in [4.78, 5) is 0. The molecule has 0 aromatic heterocycles. The van der Waals surface area contributed by atoms with Crippen molar-refractivity contribution in [3.8, 4) is 0 Å². The minimum Gasteiger partial charge on any atom is -0.324 e. The van der Waals surface area contributed by atoms with Crippen molar-refractivity contribution >= 4 is 0 Å². The van der Waals surface area contributed by atoms with Crippen LogP contribution in [0.3, 0.4) is 0 Å². The largest absolute Gasteiger partial charge is 0.324 e. The van der Waals surface area contributed by atoms with Gasteiger partial charge in [0.25, 0.3) is 0 Å². The highest BCUT2D eigenvalue weighted by molar-refractivity contribution is 5.39. The second-order valence-corrected chi connectivity index (χ2v) is 5.10. The topological polar surface area (TPSA) is 26.0 Å². The maximum atomic E-state index is 6.29. The molecule has 0 saturated heterocycles. The molecule has 1 aromatic rings. The molecule has 1 nitrogen and oxygen atoms in total. The molecule has 1 fully saturated rings. The summed E-state index contributed by atoms with van der Waals surface area (Å²) in [6.07, 6.45) is 3.94. The zero-order valence-electron chi connectivity index (χ0n) is 10.0. The van der Waals surface area contributed by atoms with Crippen molar-refractivity contribution in [1.82, 2.24) is 0 Å². The molecule has 0 heterocycles. The van der Waals surface area contributed by atoms with E-state index in [2.05, 4.69) is 32.9 Å². The lowest BCUT2D eigenvalue weighted by molar-refractivity contribution is 0.591. The van der Waals surface area contributed by atoms with Gasteiger partial charge in [-0.1, -0.05) is 30.5 Å². The lowest BCUT2D eigenvalue weighted by Gasteiger charge is -2.18. The number of nitrogens with two attached hydrogens (primary N) is 1. The normalized spacial score (nSPS) is 17.9. The molecule has 0 spiro atoms. The minimum absolute atomic E-state index is 0.248. The number of benzene rings is 1. The van der Waals surface area contributed by atoms with Crippen molar-refractivity contribution in [2.75, 3.05) is 0 Å². The summed E-state index contributed by atoms with van der Waals surface area (Å²) in [5.74, 6) is 0.903. The van der Waals surface area contributed by atoms with Gasteiger partial charge in [0.2, 0.25) is 0 Å². The molecular weight excluding hydrogens is 182 g/mol. The van der Waals surface area contributed by atoms with E-state index in [1.165, 1.54) is 41.5 Å². The first kappa shape index (κ1) is 10.7. The maximum absolute atomic E-state index is 6.29. The molecule has 2 rings (SSSR count). The summed E-state index contributed by atoms with van der Waals surface area (Å²) in [5, 5.41) is 0. The predicted octanol–water partition coefficient (Wildman–Crippen LogP) is 3.41. The van der Waals surface area contributed by atoms with Crippen LogP contribution in [0, 0.1) is 26.7 Å². The van der Waals surface area contributed by atoms with Gasteiger partial charge in [0.1, 0.15) is 0 Å². The third-order valence-corrected chi connectivity index (χ3v) is 3.39. The van der Waals surface area contributed by atoms with E-state index in [0.717, 1.165) is 5.92 Å². The second-order valence-electron chi connectivity index (χ2n) is 5.10. The molecular formula is C14H21N. The fraction of sp³-hybridized carbons (Fsp3) is 0.571. The van der Waals surface area contributed by atoms with Crippen LogP contribution in [0.2, 0.25) is 0 Å². The Morgan fingerprint density at radius 1 is 1.20 bits per heavy atom. The zero-order chi connectivity index (χ0) is 11.0. The molecule has 1 atom stereocenters. The van der Waals surface area contributed by atoms with E-state index in [0.29, 0.717) is 0 Å². The molecule has 1 aromatic carbocycles. The van der Waals surface area contributed by atoms with Crippen LogP contribution in [-0.2, 0) is 0 Å². The molecule has 0 bridgehead atoms. The summed E-state index contributed by atoms with van der Waals surface area (Å²) in [7, 11) is 0. The zero-order valence-corrected chi connectivity index (χ0v) is 10.0. The highest BCUT2D eigenvalue weighted by Gasteiger charge is 2.25. The fourth-order valence-corrected chi connectivity index (χ4v) is 2.61. The van der Waals surface area contributed by atoms with E-state index >= 15 is 0 Å². The molecule has 0 radical (unpaired) electrons. The standard InChI is InChI=1S/C14H21N/c1-9-6-10(2)14(11(3)7-9)13(15)8-12-4-5-12/h6-7,12-13H,4-5,8,15H2,1-3H3/t13-/m1/s1. The summed E-state index contributed by atoms with van der Waals surface area (Å²) in [6.45, 7) is 6.51. The molecule has 2 N–H and O–H groups in total. The number of hydrogen-bond donors (Lipinski definition) is 1. The molecule has 1 aliphatic rings. The van der Waals surface area contributed by atoms with Crippen molar-refractivity contribution < 1.29 is 0 Å². The van der Waals surface area contributed by atoms with Crippen LogP contribution in [0.25, 0.3) is 0 Å². The number of hydrogen-bond acceptors (Lipinski definition) is 1. The predicted molar refractivity (Wildman–Crippen MR) is 64.9 cm³/mol. The van der Waals surface area contributed by atoms with Gasteiger partial charge in [-0.15, -0.1) is 0 Å². The fourth-order valence-electron chi connectivity index (χ4n) is 2.61. The third-order valence-electron chi connectivity index (χ3n) is 3.39. The Labute approximate surface area is 92.7 Å². The van der Waals surface area contributed by atoms with Crippen molar-refractivity contribution in [2.24, 2.45) is 11.7 Å².